The number of carbonyl (C=O) groups excluding carboxylic acids is 1. The molecule has 7 nitrogen and oxygen atoms in total. The van der Waals surface area contributed by atoms with E-state index >= 15 is 0 Å². The number of anilines is 1. The smallest absolute Gasteiger partial charge is 0.249 e. The van der Waals surface area contributed by atoms with Crippen LogP contribution in [-0.2, 0) is 14.6 Å². The molecule has 2 aromatic heterocycles. The van der Waals surface area contributed by atoms with Gasteiger partial charge in [-0.05, 0) is 25.5 Å². The third-order valence-electron chi connectivity index (χ3n) is 4.74. The van der Waals surface area contributed by atoms with Crippen LogP contribution in [-0.4, -0.2) is 40.6 Å². The number of carbonyl (C=O) groups is 1. The number of sulfone groups is 1. The van der Waals surface area contributed by atoms with Gasteiger partial charge in [-0.3, -0.25) is 9.78 Å². The zero-order valence-corrected chi connectivity index (χ0v) is 16.2. The minimum Gasteiger partial charge on any atom is -0.307 e. The number of para-hydroxylation sites is 1. The average molecular weight is 396 g/mol. The van der Waals surface area contributed by atoms with Gasteiger partial charge in [0.25, 0.3) is 0 Å². The maximum absolute atomic E-state index is 12.4. The van der Waals surface area contributed by atoms with Crippen LogP contribution in [0.15, 0.2) is 48.7 Å². The quantitative estimate of drug-likeness (QED) is 0.685. The normalized spacial score (nSPS) is 18.7. The van der Waals surface area contributed by atoms with Crippen LogP contribution >= 0.6 is 0 Å². The molecule has 1 N–H and O–H groups in total. The first-order valence-corrected chi connectivity index (χ1v) is 10.8. The molecule has 0 aliphatic carbocycles. The number of benzene rings is 1. The molecule has 0 radical (unpaired) electrons. The van der Waals surface area contributed by atoms with Crippen molar-refractivity contribution in [1.82, 2.24) is 14.8 Å². The Balaban J connectivity index is 1.54. The topological polar surface area (TPSA) is 94.0 Å². The van der Waals surface area contributed by atoms with Crippen molar-refractivity contribution in [3.63, 3.8) is 0 Å². The van der Waals surface area contributed by atoms with Gasteiger partial charge < -0.3 is 5.32 Å². The Morgan fingerprint density at radius 1 is 1.29 bits per heavy atom. The molecular formula is C20H20N4O3S. The molecule has 1 aromatic carbocycles. The number of pyridine rings is 1. The number of hydrogen-bond acceptors (Lipinski definition) is 5. The number of aryl methyl sites for hydroxylation is 1. The van der Waals surface area contributed by atoms with E-state index in [1.165, 1.54) is 6.08 Å². The largest absolute Gasteiger partial charge is 0.307 e. The van der Waals surface area contributed by atoms with E-state index in [1.54, 1.807) is 23.0 Å². The van der Waals surface area contributed by atoms with Gasteiger partial charge in [-0.1, -0.05) is 24.3 Å². The average Bonchev–Trinajstić information content (AvgIpc) is 3.21. The molecule has 1 aliphatic heterocycles. The van der Waals surface area contributed by atoms with Gasteiger partial charge in [0.2, 0.25) is 5.91 Å². The summed E-state index contributed by atoms with van der Waals surface area (Å²) < 4.78 is 25.2. The highest BCUT2D eigenvalue weighted by atomic mass is 32.2. The summed E-state index contributed by atoms with van der Waals surface area (Å²) in [5, 5.41) is 8.19. The van der Waals surface area contributed by atoms with Crippen LogP contribution in [0.4, 0.5) is 5.82 Å². The summed E-state index contributed by atoms with van der Waals surface area (Å²) in [6.07, 6.45) is 5.39. The lowest BCUT2D eigenvalue weighted by molar-refractivity contribution is -0.111. The minimum absolute atomic E-state index is 0.0501. The Hall–Kier alpha value is -3.00. The molecule has 144 valence electrons. The number of nitrogens with zero attached hydrogens (tertiary/aromatic N) is 3. The first kappa shape index (κ1) is 18.4. The number of amides is 1. The van der Waals surface area contributed by atoms with Crippen LogP contribution in [0.5, 0.6) is 0 Å². The molecular weight excluding hydrogens is 376 g/mol. The fraction of sp³-hybridized carbons (Fsp3) is 0.250. The van der Waals surface area contributed by atoms with E-state index in [1.807, 2.05) is 37.3 Å². The van der Waals surface area contributed by atoms with Crippen LogP contribution in [0.3, 0.4) is 0 Å². The Bertz CT molecular complexity index is 1180. The predicted octanol–water partition coefficient (Wildman–Crippen LogP) is 2.75. The van der Waals surface area contributed by atoms with Crippen LogP contribution in [0.25, 0.3) is 17.0 Å². The standard InChI is InChI=1S/C20H20N4O3S/c1-14-12-18(24(23-14)17-9-11-28(26,27)13-17)22-19(25)8-7-16-5-2-4-15-6-3-10-21-20(15)16/h2-8,10,12,17H,9,11,13H2,1H3,(H,22,25)/b8-7+. The van der Waals surface area contributed by atoms with Gasteiger partial charge in [0, 0.05) is 29.3 Å². The first-order valence-electron chi connectivity index (χ1n) is 9.01. The van der Waals surface area contributed by atoms with Crippen LogP contribution < -0.4 is 5.32 Å². The highest BCUT2D eigenvalue weighted by molar-refractivity contribution is 7.91. The molecule has 28 heavy (non-hydrogen) atoms. The molecule has 1 unspecified atom stereocenters. The summed E-state index contributed by atoms with van der Waals surface area (Å²) >= 11 is 0. The molecule has 8 heteroatoms. The monoisotopic (exact) mass is 396 g/mol. The van der Waals surface area contributed by atoms with Gasteiger partial charge in [0.05, 0.1) is 28.8 Å². The van der Waals surface area contributed by atoms with Crippen LogP contribution in [0, 0.1) is 6.92 Å². The Kier molecular flexibility index (Phi) is 4.72. The Labute approximate surface area is 163 Å². The summed E-state index contributed by atoms with van der Waals surface area (Å²) in [4.78, 5) is 16.8. The van der Waals surface area contributed by atoms with Gasteiger partial charge in [-0.15, -0.1) is 0 Å². The van der Waals surface area contributed by atoms with Crippen molar-refractivity contribution in [2.75, 3.05) is 16.8 Å². The molecule has 0 bridgehead atoms. The van der Waals surface area contributed by atoms with E-state index in [-0.39, 0.29) is 23.5 Å². The number of nitrogens with one attached hydrogen (secondary N) is 1. The number of aromatic nitrogens is 3. The molecule has 4 rings (SSSR count). The van der Waals surface area contributed by atoms with E-state index in [4.69, 9.17) is 0 Å². The summed E-state index contributed by atoms with van der Waals surface area (Å²) in [7, 11) is -3.04. The maximum atomic E-state index is 12.4. The molecule has 3 aromatic rings. The summed E-state index contributed by atoms with van der Waals surface area (Å²) in [5.41, 5.74) is 2.40. The fourth-order valence-electron chi connectivity index (χ4n) is 3.45. The summed E-state index contributed by atoms with van der Waals surface area (Å²) in [6, 6.07) is 11.1. The van der Waals surface area contributed by atoms with Gasteiger partial charge in [-0.25, -0.2) is 13.1 Å². The van der Waals surface area contributed by atoms with E-state index in [2.05, 4.69) is 15.4 Å². The Morgan fingerprint density at radius 3 is 2.89 bits per heavy atom. The second-order valence-electron chi connectivity index (χ2n) is 6.92. The lowest BCUT2D eigenvalue weighted by atomic mass is 10.1. The molecule has 0 spiro atoms. The lowest BCUT2D eigenvalue weighted by Crippen LogP contribution is -2.18. The van der Waals surface area contributed by atoms with Crippen LogP contribution in [0.2, 0.25) is 0 Å². The maximum Gasteiger partial charge on any atom is 0.249 e. The molecule has 1 aliphatic rings. The third kappa shape index (κ3) is 3.82. The van der Waals surface area contributed by atoms with Crippen molar-refractivity contribution in [3.8, 4) is 0 Å². The van der Waals surface area contributed by atoms with Crippen molar-refractivity contribution in [2.24, 2.45) is 0 Å². The minimum atomic E-state index is -3.04. The zero-order valence-electron chi connectivity index (χ0n) is 15.4. The predicted molar refractivity (Wildman–Crippen MR) is 109 cm³/mol. The van der Waals surface area contributed by atoms with Crippen molar-refractivity contribution in [3.05, 3.63) is 59.9 Å². The second kappa shape index (κ2) is 7.20. The van der Waals surface area contributed by atoms with Crippen molar-refractivity contribution in [1.29, 1.82) is 0 Å². The fourth-order valence-corrected chi connectivity index (χ4v) is 5.14. The van der Waals surface area contributed by atoms with Crippen molar-refractivity contribution in [2.45, 2.75) is 19.4 Å². The van der Waals surface area contributed by atoms with E-state index in [0.29, 0.717) is 12.2 Å². The number of hydrogen-bond donors (Lipinski definition) is 1. The van der Waals surface area contributed by atoms with E-state index in [0.717, 1.165) is 22.2 Å². The number of fused-ring (bicyclic) bond motifs is 1. The molecule has 1 fully saturated rings. The van der Waals surface area contributed by atoms with E-state index < -0.39 is 9.84 Å². The molecule has 1 saturated heterocycles. The third-order valence-corrected chi connectivity index (χ3v) is 6.49. The van der Waals surface area contributed by atoms with Gasteiger partial charge in [0.1, 0.15) is 5.82 Å². The first-order chi connectivity index (χ1) is 13.4. The van der Waals surface area contributed by atoms with Crippen molar-refractivity contribution >= 4 is 38.5 Å². The van der Waals surface area contributed by atoms with Gasteiger partial charge >= 0.3 is 0 Å². The zero-order chi connectivity index (χ0) is 19.7. The van der Waals surface area contributed by atoms with Crippen LogP contribution in [0.1, 0.15) is 23.7 Å². The highest BCUT2D eigenvalue weighted by Crippen LogP contribution is 2.27. The Morgan fingerprint density at radius 2 is 2.11 bits per heavy atom. The molecule has 1 atom stereocenters. The summed E-state index contributed by atoms with van der Waals surface area (Å²) in [5.74, 6) is 0.396. The van der Waals surface area contributed by atoms with E-state index in [9.17, 15) is 13.2 Å². The molecule has 1 amide bonds. The lowest BCUT2D eigenvalue weighted by Gasteiger charge is -2.13. The molecule has 0 saturated carbocycles. The number of rotatable bonds is 4. The highest BCUT2D eigenvalue weighted by Gasteiger charge is 2.31. The SMILES string of the molecule is Cc1cc(NC(=O)/C=C/c2cccc3cccnc23)n(C2CCS(=O)(=O)C2)n1. The van der Waals surface area contributed by atoms with Crippen molar-refractivity contribution < 1.29 is 13.2 Å². The van der Waals surface area contributed by atoms with Gasteiger partial charge in [0.15, 0.2) is 9.84 Å². The summed E-state index contributed by atoms with van der Waals surface area (Å²) in [6.45, 7) is 1.81. The second-order valence-corrected chi connectivity index (χ2v) is 9.15. The molecule has 3 heterocycles. The van der Waals surface area contributed by atoms with Gasteiger partial charge in [-0.2, -0.15) is 5.10 Å².